The van der Waals surface area contributed by atoms with Gasteiger partial charge in [0.25, 0.3) is 0 Å². The lowest BCUT2D eigenvalue weighted by molar-refractivity contribution is 0.171. The topological polar surface area (TPSA) is 43.0 Å². The molecule has 3 rings (SSSR count). The van der Waals surface area contributed by atoms with Gasteiger partial charge in [0.2, 0.25) is 12.5 Å². The molecule has 1 N–H and O–H groups in total. The van der Waals surface area contributed by atoms with Gasteiger partial charge >= 0.3 is 0 Å². The molecule has 1 aromatic rings. The monoisotopic (exact) mass is 314 g/mol. The lowest BCUT2D eigenvalue weighted by atomic mass is 10.0. The fraction of sp³-hybridized carbons (Fsp3) is 0.600. The first-order valence-electron chi connectivity index (χ1n) is 7.16. The van der Waals surface area contributed by atoms with Crippen LogP contribution in [0.3, 0.4) is 0 Å². The predicted molar refractivity (Wildman–Crippen MR) is 83.7 cm³/mol. The van der Waals surface area contributed by atoms with Gasteiger partial charge in [-0.25, -0.2) is 0 Å². The quantitative estimate of drug-likeness (QED) is 0.921. The normalized spacial score (nSPS) is 18.4. The van der Waals surface area contributed by atoms with Crippen molar-refractivity contribution in [3.63, 3.8) is 0 Å². The molecule has 118 valence electrons. The van der Waals surface area contributed by atoms with E-state index in [2.05, 4.69) is 22.3 Å². The molecule has 0 unspecified atom stereocenters. The van der Waals surface area contributed by atoms with Crippen LogP contribution in [0.4, 0.5) is 0 Å². The van der Waals surface area contributed by atoms with E-state index >= 15 is 0 Å². The van der Waals surface area contributed by atoms with Crippen molar-refractivity contribution >= 4 is 12.4 Å². The highest BCUT2D eigenvalue weighted by Crippen LogP contribution is 2.42. The molecule has 5 nitrogen and oxygen atoms in total. The van der Waals surface area contributed by atoms with Crippen molar-refractivity contribution in [1.29, 1.82) is 0 Å². The number of benzene rings is 1. The Balaban J connectivity index is 0.00000161. The first-order chi connectivity index (χ1) is 9.80. The average Bonchev–Trinajstić information content (AvgIpc) is 2.95. The number of likely N-dealkylation sites (tertiary alicyclic amines) is 1. The minimum Gasteiger partial charge on any atom is -0.493 e. The van der Waals surface area contributed by atoms with Crippen molar-refractivity contribution in [2.24, 2.45) is 0 Å². The molecule has 2 heterocycles. The van der Waals surface area contributed by atoms with Crippen LogP contribution in [0.1, 0.15) is 18.4 Å². The van der Waals surface area contributed by atoms with Crippen LogP contribution in [0.2, 0.25) is 0 Å². The number of methoxy groups -OCH3 is 1. The Morgan fingerprint density at radius 2 is 2.05 bits per heavy atom. The molecular weight excluding hydrogens is 292 g/mol. The lowest BCUT2D eigenvalue weighted by Gasteiger charge is -2.31. The Hall–Kier alpha value is -1.17. The van der Waals surface area contributed by atoms with E-state index in [1.807, 2.05) is 7.05 Å². The zero-order valence-electron chi connectivity index (χ0n) is 12.6. The van der Waals surface area contributed by atoms with Crippen molar-refractivity contribution in [3.8, 4) is 17.2 Å². The summed E-state index contributed by atoms with van der Waals surface area (Å²) >= 11 is 0. The summed E-state index contributed by atoms with van der Waals surface area (Å²) in [6.07, 6.45) is 2.41. The third kappa shape index (κ3) is 3.54. The molecule has 1 aromatic carbocycles. The molecule has 0 amide bonds. The van der Waals surface area contributed by atoms with Gasteiger partial charge in [0, 0.05) is 12.6 Å². The summed E-state index contributed by atoms with van der Waals surface area (Å²) in [5.74, 6) is 2.29. The standard InChI is InChI=1S/C15H22N2O3.ClH/c1-16-12-3-5-17(6-4-12)9-11-7-13(18-2)15-14(8-11)19-10-20-15;/h7-8,12,16H,3-6,9-10H2,1-2H3;1H. The Morgan fingerprint density at radius 3 is 2.71 bits per heavy atom. The van der Waals surface area contributed by atoms with Crippen molar-refractivity contribution in [3.05, 3.63) is 17.7 Å². The Morgan fingerprint density at radius 1 is 1.29 bits per heavy atom. The van der Waals surface area contributed by atoms with Crippen molar-refractivity contribution in [2.75, 3.05) is 34.0 Å². The molecule has 0 aromatic heterocycles. The van der Waals surface area contributed by atoms with Crippen LogP contribution in [0.25, 0.3) is 0 Å². The van der Waals surface area contributed by atoms with E-state index in [1.165, 1.54) is 18.4 Å². The third-order valence-electron chi connectivity index (χ3n) is 4.12. The van der Waals surface area contributed by atoms with E-state index in [-0.39, 0.29) is 19.2 Å². The second kappa shape index (κ2) is 7.20. The summed E-state index contributed by atoms with van der Waals surface area (Å²) in [7, 11) is 3.71. The van der Waals surface area contributed by atoms with Gasteiger partial charge in [-0.3, -0.25) is 4.90 Å². The number of nitrogens with one attached hydrogen (secondary N) is 1. The summed E-state index contributed by atoms with van der Waals surface area (Å²) in [5, 5.41) is 3.36. The highest BCUT2D eigenvalue weighted by molar-refractivity contribution is 5.85. The van der Waals surface area contributed by atoms with Crippen LogP contribution in [0.15, 0.2) is 12.1 Å². The van der Waals surface area contributed by atoms with Crippen LogP contribution >= 0.6 is 12.4 Å². The second-order valence-electron chi connectivity index (χ2n) is 5.37. The molecule has 2 aliphatic heterocycles. The lowest BCUT2D eigenvalue weighted by Crippen LogP contribution is -2.40. The zero-order chi connectivity index (χ0) is 13.9. The number of piperidine rings is 1. The molecule has 2 aliphatic rings. The number of rotatable bonds is 4. The number of ether oxygens (including phenoxy) is 3. The SMILES string of the molecule is CNC1CCN(Cc2cc(OC)c3c(c2)OCO3)CC1.Cl. The zero-order valence-corrected chi connectivity index (χ0v) is 13.4. The molecular formula is C15H23ClN2O3. The molecule has 0 saturated carbocycles. The first kappa shape index (κ1) is 16.2. The number of hydrogen-bond acceptors (Lipinski definition) is 5. The van der Waals surface area contributed by atoms with E-state index in [0.29, 0.717) is 6.04 Å². The maximum atomic E-state index is 5.47. The van der Waals surface area contributed by atoms with Gasteiger partial charge in [-0.15, -0.1) is 12.4 Å². The van der Waals surface area contributed by atoms with Crippen LogP contribution in [-0.4, -0.2) is 45.0 Å². The van der Waals surface area contributed by atoms with Gasteiger partial charge in [0.15, 0.2) is 11.5 Å². The van der Waals surface area contributed by atoms with E-state index in [0.717, 1.165) is 36.9 Å². The summed E-state index contributed by atoms with van der Waals surface area (Å²) in [6.45, 7) is 3.47. The van der Waals surface area contributed by atoms with Gasteiger partial charge < -0.3 is 19.5 Å². The predicted octanol–water partition coefficient (Wildman–Crippen LogP) is 2.03. The smallest absolute Gasteiger partial charge is 0.231 e. The van der Waals surface area contributed by atoms with Crippen molar-refractivity contribution in [1.82, 2.24) is 10.2 Å². The summed E-state index contributed by atoms with van der Waals surface area (Å²) < 4.78 is 16.3. The minimum absolute atomic E-state index is 0. The maximum Gasteiger partial charge on any atom is 0.231 e. The van der Waals surface area contributed by atoms with Crippen LogP contribution < -0.4 is 19.5 Å². The highest BCUT2D eigenvalue weighted by Gasteiger charge is 2.22. The van der Waals surface area contributed by atoms with Gasteiger partial charge in [0.05, 0.1) is 7.11 Å². The molecule has 0 spiro atoms. The number of nitrogens with zero attached hydrogens (tertiary/aromatic N) is 1. The molecule has 1 saturated heterocycles. The first-order valence-corrected chi connectivity index (χ1v) is 7.16. The molecule has 0 aliphatic carbocycles. The minimum atomic E-state index is 0. The maximum absolute atomic E-state index is 5.47. The van der Waals surface area contributed by atoms with E-state index in [4.69, 9.17) is 14.2 Å². The molecule has 0 bridgehead atoms. The number of hydrogen-bond donors (Lipinski definition) is 1. The number of fused-ring (bicyclic) bond motifs is 1. The largest absolute Gasteiger partial charge is 0.493 e. The second-order valence-corrected chi connectivity index (χ2v) is 5.37. The van der Waals surface area contributed by atoms with Crippen molar-refractivity contribution < 1.29 is 14.2 Å². The summed E-state index contributed by atoms with van der Waals surface area (Å²) in [4.78, 5) is 2.48. The highest BCUT2D eigenvalue weighted by atomic mass is 35.5. The van der Waals surface area contributed by atoms with E-state index < -0.39 is 0 Å². The molecule has 21 heavy (non-hydrogen) atoms. The third-order valence-corrected chi connectivity index (χ3v) is 4.12. The Bertz CT molecular complexity index is 476. The fourth-order valence-corrected chi connectivity index (χ4v) is 2.91. The molecule has 1 fully saturated rings. The van der Waals surface area contributed by atoms with Crippen LogP contribution in [-0.2, 0) is 6.54 Å². The summed E-state index contributed by atoms with van der Waals surface area (Å²) in [5.41, 5.74) is 1.22. The Kier molecular flexibility index (Phi) is 5.56. The average molecular weight is 315 g/mol. The van der Waals surface area contributed by atoms with E-state index in [1.54, 1.807) is 7.11 Å². The molecule has 0 radical (unpaired) electrons. The summed E-state index contributed by atoms with van der Waals surface area (Å²) in [6, 6.07) is 4.78. The fourth-order valence-electron chi connectivity index (χ4n) is 2.91. The van der Waals surface area contributed by atoms with Crippen molar-refractivity contribution in [2.45, 2.75) is 25.4 Å². The van der Waals surface area contributed by atoms with E-state index in [9.17, 15) is 0 Å². The van der Waals surface area contributed by atoms with Gasteiger partial charge in [-0.2, -0.15) is 0 Å². The van der Waals surface area contributed by atoms with Gasteiger partial charge in [0.1, 0.15) is 0 Å². The van der Waals surface area contributed by atoms with Gasteiger partial charge in [-0.1, -0.05) is 0 Å². The van der Waals surface area contributed by atoms with Crippen LogP contribution in [0, 0.1) is 0 Å². The van der Waals surface area contributed by atoms with Gasteiger partial charge in [-0.05, 0) is 50.7 Å². The molecule has 0 atom stereocenters. The molecule has 6 heteroatoms. The van der Waals surface area contributed by atoms with Crippen LogP contribution in [0.5, 0.6) is 17.2 Å². The number of halogens is 1. The Labute approximate surface area is 132 Å².